The van der Waals surface area contributed by atoms with Crippen molar-refractivity contribution in [1.82, 2.24) is 10.2 Å². The van der Waals surface area contributed by atoms with Crippen LogP contribution in [0.15, 0.2) is 42.5 Å². The molecule has 6 nitrogen and oxygen atoms in total. The van der Waals surface area contributed by atoms with Crippen LogP contribution in [0.1, 0.15) is 56.9 Å². The van der Waals surface area contributed by atoms with E-state index in [4.69, 9.17) is 9.47 Å². The Kier molecular flexibility index (Phi) is 13.6. The van der Waals surface area contributed by atoms with Gasteiger partial charge in [0.05, 0.1) is 19.1 Å². The molecule has 2 aromatic rings. The summed E-state index contributed by atoms with van der Waals surface area (Å²) in [6, 6.07) is 11.0. The summed E-state index contributed by atoms with van der Waals surface area (Å²) in [5.74, 6) is -4.82. The molecular formula is C28H37F3N2O4. The zero-order chi connectivity index (χ0) is 27.0. The van der Waals surface area contributed by atoms with Crippen LogP contribution < -0.4 is 10.1 Å². The van der Waals surface area contributed by atoms with Crippen molar-refractivity contribution < 1.29 is 32.2 Å². The second kappa shape index (κ2) is 16.6. The van der Waals surface area contributed by atoms with E-state index in [2.05, 4.69) is 5.32 Å². The molecule has 0 fully saturated rings. The van der Waals surface area contributed by atoms with Crippen molar-refractivity contribution in [1.29, 1.82) is 0 Å². The first kappa shape index (κ1) is 30.2. The Morgan fingerprint density at radius 3 is 2.27 bits per heavy atom. The van der Waals surface area contributed by atoms with Gasteiger partial charge in [0, 0.05) is 13.0 Å². The Hall–Kier alpha value is -3.07. The normalized spacial score (nSPS) is 11.8. The van der Waals surface area contributed by atoms with E-state index in [9.17, 15) is 22.8 Å². The third kappa shape index (κ3) is 12.1. The summed E-state index contributed by atoms with van der Waals surface area (Å²) in [6.07, 6.45) is 5.44. The number of nitrogens with zero attached hydrogens (tertiary/aromatic N) is 1. The van der Waals surface area contributed by atoms with Gasteiger partial charge in [-0.3, -0.25) is 9.59 Å². The van der Waals surface area contributed by atoms with E-state index in [1.807, 2.05) is 49.3 Å². The van der Waals surface area contributed by atoms with Crippen molar-refractivity contribution in [3.8, 4) is 5.75 Å². The number of carbonyl (C=O) groups is 2. The van der Waals surface area contributed by atoms with E-state index in [0.717, 1.165) is 49.8 Å². The summed E-state index contributed by atoms with van der Waals surface area (Å²) in [6.45, 7) is 0.949. The van der Waals surface area contributed by atoms with Gasteiger partial charge in [-0.2, -0.15) is 4.39 Å². The highest BCUT2D eigenvalue weighted by Gasteiger charge is 2.18. The Bertz CT molecular complexity index is 973. The van der Waals surface area contributed by atoms with Gasteiger partial charge in [0.2, 0.25) is 11.7 Å². The predicted molar refractivity (Wildman–Crippen MR) is 135 cm³/mol. The molecule has 0 saturated carbocycles. The molecule has 0 spiro atoms. The fourth-order valence-electron chi connectivity index (χ4n) is 3.80. The Morgan fingerprint density at radius 1 is 0.892 bits per heavy atom. The van der Waals surface area contributed by atoms with Gasteiger partial charge in [-0.1, -0.05) is 56.0 Å². The summed E-state index contributed by atoms with van der Waals surface area (Å²) < 4.78 is 50.2. The largest absolute Gasteiger partial charge is 0.490 e. The molecule has 0 aromatic heterocycles. The third-order valence-electron chi connectivity index (χ3n) is 5.66. The van der Waals surface area contributed by atoms with E-state index in [-0.39, 0.29) is 43.3 Å². The van der Waals surface area contributed by atoms with E-state index >= 15 is 0 Å². The van der Waals surface area contributed by atoms with Crippen LogP contribution in [0.25, 0.3) is 0 Å². The molecule has 0 aliphatic carbocycles. The lowest BCUT2D eigenvalue weighted by Crippen LogP contribution is -2.43. The molecule has 0 aliphatic heterocycles. The quantitative estimate of drug-likeness (QED) is 0.171. The Labute approximate surface area is 217 Å². The van der Waals surface area contributed by atoms with Gasteiger partial charge in [-0.05, 0) is 44.6 Å². The van der Waals surface area contributed by atoms with Gasteiger partial charge in [0.1, 0.15) is 6.61 Å². The average molecular weight is 523 g/mol. The van der Waals surface area contributed by atoms with Gasteiger partial charge < -0.3 is 19.7 Å². The molecule has 1 atom stereocenters. The zero-order valence-corrected chi connectivity index (χ0v) is 21.6. The monoisotopic (exact) mass is 522 g/mol. The molecule has 0 saturated heterocycles. The van der Waals surface area contributed by atoms with E-state index in [1.54, 1.807) is 0 Å². The van der Waals surface area contributed by atoms with Crippen LogP contribution in [0.5, 0.6) is 5.75 Å². The van der Waals surface area contributed by atoms with Crippen molar-refractivity contribution in [2.45, 2.75) is 64.0 Å². The summed E-state index contributed by atoms with van der Waals surface area (Å²) in [7, 11) is 3.77. The SMILES string of the molecule is CN(C)C[C@@H](CC(=O)OCc1ccccc1)NC(=O)CCCCCCCCOc1ccc(F)c(F)c1F. The average Bonchev–Trinajstić information content (AvgIpc) is 2.86. The molecule has 2 aromatic carbocycles. The number of rotatable bonds is 17. The minimum atomic E-state index is -1.53. The highest BCUT2D eigenvalue weighted by Crippen LogP contribution is 2.22. The van der Waals surface area contributed by atoms with E-state index in [1.165, 1.54) is 0 Å². The second-order valence-electron chi connectivity index (χ2n) is 9.27. The number of esters is 1. The highest BCUT2D eigenvalue weighted by atomic mass is 19.2. The number of nitrogens with one attached hydrogen (secondary N) is 1. The molecule has 37 heavy (non-hydrogen) atoms. The Morgan fingerprint density at radius 2 is 1.57 bits per heavy atom. The Balaban J connectivity index is 1.57. The molecule has 1 N–H and O–H groups in total. The number of hydrogen-bond donors (Lipinski definition) is 1. The van der Waals surface area contributed by atoms with Crippen LogP contribution in [0.4, 0.5) is 13.2 Å². The van der Waals surface area contributed by atoms with Crippen molar-refractivity contribution in [2.24, 2.45) is 0 Å². The number of likely N-dealkylation sites (N-methyl/N-ethyl adjacent to an activating group) is 1. The first-order valence-electron chi connectivity index (χ1n) is 12.7. The third-order valence-corrected chi connectivity index (χ3v) is 5.66. The first-order valence-corrected chi connectivity index (χ1v) is 12.7. The molecule has 0 bridgehead atoms. The van der Waals surface area contributed by atoms with E-state index in [0.29, 0.717) is 19.4 Å². The van der Waals surface area contributed by atoms with E-state index < -0.39 is 17.5 Å². The first-order chi connectivity index (χ1) is 17.8. The molecule has 1 amide bonds. The van der Waals surface area contributed by atoms with Crippen LogP contribution in [0.2, 0.25) is 0 Å². The van der Waals surface area contributed by atoms with Crippen LogP contribution in [-0.2, 0) is 20.9 Å². The number of amides is 1. The summed E-state index contributed by atoms with van der Waals surface area (Å²) in [5.41, 5.74) is 0.911. The fraction of sp³-hybridized carbons (Fsp3) is 0.500. The van der Waals surface area contributed by atoms with Crippen LogP contribution in [-0.4, -0.2) is 50.1 Å². The van der Waals surface area contributed by atoms with Gasteiger partial charge in [0.15, 0.2) is 17.4 Å². The number of unbranched alkanes of at least 4 members (excludes halogenated alkanes) is 5. The topological polar surface area (TPSA) is 67.9 Å². The maximum Gasteiger partial charge on any atom is 0.308 e. The number of carbonyl (C=O) groups excluding carboxylic acids is 2. The molecule has 0 heterocycles. The molecule has 0 radical (unpaired) electrons. The van der Waals surface area contributed by atoms with Gasteiger partial charge in [0.25, 0.3) is 0 Å². The molecule has 0 unspecified atom stereocenters. The lowest BCUT2D eigenvalue weighted by Gasteiger charge is -2.22. The zero-order valence-electron chi connectivity index (χ0n) is 21.6. The molecule has 9 heteroatoms. The van der Waals surface area contributed by atoms with Crippen LogP contribution in [0, 0.1) is 17.5 Å². The van der Waals surface area contributed by atoms with Crippen molar-refractivity contribution in [3.63, 3.8) is 0 Å². The second-order valence-corrected chi connectivity index (χ2v) is 9.27. The maximum absolute atomic E-state index is 13.5. The van der Waals surface area contributed by atoms with Crippen LogP contribution >= 0.6 is 0 Å². The van der Waals surface area contributed by atoms with Crippen molar-refractivity contribution >= 4 is 11.9 Å². The number of ether oxygens (including phenoxy) is 2. The molecular weight excluding hydrogens is 485 g/mol. The number of benzene rings is 2. The van der Waals surface area contributed by atoms with Gasteiger partial charge in [-0.15, -0.1) is 0 Å². The van der Waals surface area contributed by atoms with Crippen LogP contribution in [0.3, 0.4) is 0 Å². The lowest BCUT2D eigenvalue weighted by molar-refractivity contribution is -0.145. The number of hydrogen-bond acceptors (Lipinski definition) is 5. The predicted octanol–water partition coefficient (Wildman–Crippen LogP) is 5.39. The molecule has 2 rings (SSSR count). The highest BCUT2D eigenvalue weighted by molar-refractivity contribution is 5.77. The summed E-state index contributed by atoms with van der Waals surface area (Å²) in [4.78, 5) is 26.6. The van der Waals surface area contributed by atoms with Crippen molar-refractivity contribution in [2.75, 3.05) is 27.2 Å². The lowest BCUT2D eigenvalue weighted by atomic mass is 10.1. The molecule has 204 valence electrons. The van der Waals surface area contributed by atoms with Gasteiger partial charge >= 0.3 is 5.97 Å². The fourth-order valence-corrected chi connectivity index (χ4v) is 3.80. The standard InChI is InChI=1S/C28H37F3N2O4/c1-33(2)19-22(18-26(35)37-20-21-12-8-7-9-13-21)32-25(34)14-10-5-3-4-6-11-17-36-24-16-15-23(29)27(30)28(24)31/h7-9,12-13,15-16,22H,3-6,10-11,14,17-20H2,1-2H3,(H,32,34)/t22-/m1/s1. The maximum atomic E-state index is 13.5. The number of halogens is 3. The smallest absolute Gasteiger partial charge is 0.308 e. The summed E-state index contributed by atoms with van der Waals surface area (Å²) in [5, 5.41) is 2.95. The minimum absolute atomic E-state index is 0.0929. The molecule has 0 aliphatic rings. The minimum Gasteiger partial charge on any atom is -0.490 e. The van der Waals surface area contributed by atoms with Crippen molar-refractivity contribution in [3.05, 3.63) is 65.5 Å². The summed E-state index contributed by atoms with van der Waals surface area (Å²) >= 11 is 0. The van der Waals surface area contributed by atoms with Gasteiger partial charge in [-0.25, -0.2) is 8.78 Å².